The monoisotopic (exact) mass is 390 g/mol. The molecule has 1 aliphatic rings. The highest BCUT2D eigenvalue weighted by Gasteiger charge is 2.30. The van der Waals surface area contributed by atoms with Gasteiger partial charge in [-0.1, -0.05) is 35.3 Å². The van der Waals surface area contributed by atoms with Crippen LogP contribution in [0.4, 0.5) is 5.69 Å². The highest BCUT2D eigenvalue weighted by atomic mass is 35.5. The summed E-state index contributed by atoms with van der Waals surface area (Å²) in [5, 5.41) is 6.47. The smallest absolute Gasteiger partial charge is 0.267 e. The first-order valence-electron chi connectivity index (χ1n) is 7.13. The van der Waals surface area contributed by atoms with Crippen molar-refractivity contribution in [3.05, 3.63) is 62.4 Å². The van der Waals surface area contributed by atoms with Crippen molar-refractivity contribution in [2.45, 2.75) is 0 Å². The van der Waals surface area contributed by atoms with E-state index in [0.717, 1.165) is 10.1 Å². The Balaban J connectivity index is 1.74. The summed E-state index contributed by atoms with van der Waals surface area (Å²) in [4.78, 5) is 36.6. The average Bonchev–Trinajstić information content (AvgIpc) is 3.05. The normalized spacial score (nSPS) is 13.0. The second-order valence-corrected chi connectivity index (χ2v) is 7.22. The van der Waals surface area contributed by atoms with Gasteiger partial charge in [-0.05, 0) is 24.3 Å². The van der Waals surface area contributed by atoms with E-state index in [0.29, 0.717) is 14.9 Å². The van der Waals surface area contributed by atoms with Crippen LogP contribution in [0, 0.1) is 0 Å². The van der Waals surface area contributed by atoms with Crippen molar-refractivity contribution >= 4 is 68.0 Å². The Morgan fingerprint density at radius 2 is 1.88 bits per heavy atom. The SMILES string of the molecule is O=C1NC(=O)c2c(NC(=O)c3sc4cc(Cl)ccc4c3Cl)cccc21. The van der Waals surface area contributed by atoms with Crippen LogP contribution in [0.5, 0.6) is 0 Å². The fraction of sp³-hybridized carbons (Fsp3) is 0. The summed E-state index contributed by atoms with van der Waals surface area (Å²) < 4.78 is 0.786. The lowest BCUT2D eigenvalue weighted by molar-refractivity contribution is 0.0879. The number of benzene rings is 2. The summed E-state index contributed by atoms with van der Waals surface area (Å²) in [6.07, 6.45) is 0. The zero-order valence-electron chi connectivity index (χ0n) is 12.4. The molecule has 124 valence electrons. The maximum absolute atomic E-state index is 12.6. The third kappa shape index (κ3) is 2.59. The molecular formula is C17H8Cl2N2O3S. The Labute approximate surface area is 155 Å². The van der Waals surface area contributed by atoms with Gasteiger partial charge in [-0.25, -0.2) is 0 Å². The first kappa shape index (κ1) is 16.1. The van der Waals surface area contributed by atoms with E-state index in [-0.39, 0.29) is 16.8 Å². The molecule has 0 radical (unpaired) electrons. The van der Waals surface area contributed by atoms with E-state index < -0.39 is 17.7 Å². The molecule has 0 unspecified atom stereocenters. The molecule has 3 aromatic rings. The van der Waals surface area contributed by atoms with Crippen molar-refractivity contribution in [3.63, 3.8) is 0 Å². The molecule has 8 heteroatoms. The van der Waals surface area contributed by atoms with Crippen molar-refractivity contribution in [1.82, 2.24) is 5.32 Å². The van der Waals surface area contributed by atoms with Crippen LogP contribution < -0.4 is 10.6 Å². The largest absolute Gasteiger partial charge is 0.320 e. The second kappa shape index (κ2) is 5.84. The van der Waals surface area contributed by atoms with Gasteiger partial charge in [0.05, 0.1) is 21.8 Å². The van der Waals surface area contributed by atoms with E-state index in [1.807, 2.05) is 0 Å². The van der Waals surface area contributed by atoms with Gasteiger partial charge < -0.3 is 5.32 Å². The van der Waals surface area contributed by atoms with E-state index in [4.69, 9.17) is 23.2 Å². The number of hydrogen-bond donors (Lipinski definition) is 2. The maximum atomic E-state index is 12.6. The third-order valence-corrected chi connectivity index (χ3v) is 5.70. The molecule has 2 N–H and O–H groups in total. The van der Waals surface area contributed by atoms with Gasteiger partial charge in [0.1, 0.15) is 4.88 Å². The van der Waals surface area contributed by atoms with Crippen molar-refractivity contribution in [1.29, 1.82) is 0 Å². The summed E-state index contributed by atoms with van der Waals surface area (Å²) in [5.41, 5.74) is 0.649. The Kier molecular flexibility index (Phi) is 3.76. The molecule has 1 aliphatic heterocycles. The van der Waals surface area contributed by atoms with Crippen LogP contribution in [0.2, 0.25) is 10.0 Å². The number of hydrogen-bond acceptors (Lipinski definition) is 4. The highest BCUT2D eigenvalue weighted by molar-refractivity contribution is 7.21. The number of carbonyl (C=O) groups excluding carboxylic acids is 3. The summed E-state index contributed by atoms with van der Waals surface area (Å²) in [6.45, 7) is 0. The molecule has 0 spiro atoms. The van der Waals surface area contributed by atoms with Crippen LogP contribution in [-0.4, -0.2) is 17.7 Å². The molecule has 0 saturated heterocycles. The van der Waals surface area contributed by atoms with Gasteiger partial charge in [0, 0.05) is 15.1 Å². The van der Waals surface area contributed by atoms with Crippen molar-refractivity contribution in [2.24, 2.45) is 0 Å². The number of anilines is 1. The van der Waals surface area contributed by atoms with Gasteiger partial charge in [-0.15, -0.1) is 11.3 Å². The second-order valence-electron chi connectivity index (χ2n) is 5.35. The van der Waals surface area contributed by atoms with E-state index in [9.17, 15) is 14.4 Å². The van der Waals surface area contributed by atoms with E-state index in [1.165, 1.54) is 17.4 Å². The molecule has 1 aromatic heterocycles. The quantitative estimate of drug-likeness (QED) is 0.638. The number of fused-ring (bicyclic) bond motifs is 2. The van der Waals surface area contributed by atoms with Crippen molar-refractivity contribution in [2.75, 3.05) is 5.32 Å². The third-order valence-electron chi connectivity index (χ3n) is 3.81. The predicted octanol–water partition coefficient (Wildman–Crippen LogP) is 4.34. The molecule has 5 nitrogen and oxygen atoms in total. The van der Waals surface area contributed by atoms with E-state index in [1.54, 1.807) is 30.3 Å². The molecular weight excluding hydrogens is 383 g/mol. The number of carbonyl (C=O) groups is 3. The molecule has 2 heterocycles. The Morgan fingerprint density at radius 3 is 2.68 bits per heavy atom. The molecule has 4 rings (SSSR count). The first-order chi connectivity index (χ1) is 12.0. The predicted molar refractivity (Wildman–Crippen MR) is 98.0 cm³/mol. The minimum absolute atomic E-state index is 0.154. The molecule has 0 aliphatic carbocycles. The number of nitrogens with one attached hydrogen (secondary N) is 2. The summed E-state index contributed by atoms with van der Waals surface area (Å²) >= 11 is 13.5. The highest BCUT2D eigenvalue weighted by Crippen LogP contribution is 2.37. The molecule has 0 bridgehead atoms. The van der Waals surface area contributed by atoms with Gasteiger partial charge >= 0.3 is 0 Å². The lowest BCUT2D eigenvalue weighted by Gasteiger charge is -2.07. The standard InChI is InChI=1S/C17H8Cl2N2O3S/c18-7-4-5-8-11(6-7)25-14(13(8)19)17(24)20-10-3-1-2-9-12(10)16(23)21-15(9)22/h1-6H,(H,20,24)(H,21,22,23). The zero-order valence-corrected chi connectivity index (χ0v) is 14.7. The lowest BCUT2D eigenvalue weighted by Crippen LogP contribution is -2.20. The minimum atomic E-state index is -0.537. The summed E-state index contributed by atoms with van der Waals surface area (Å²) in [5.74, 6) is -1.47. The first-order valence-corrected chi connectivity index (χ1v) is 8.70. The van der Waals surface area contributed by atoms with Crippen LogP contribution in [0.1, 0.15) is 30.4 Å². The van der Waals surface area contributed by atoms with Crippen LogP contribution in [0.3, 0.4) is 0 Å². The molecule has 2 aromatic carbocycles. The summed E-state index contributed by atoms with van der Waals surface area (Å²) in [6, 6.07) is 9.87. The fourth-order valence-corrected chi connectivity index (χ4v) is 4.38. The number of imide groups is 1. The van der Waals surface area contributed by atoms with Crippen LogP contribution >= 0.6 is 34.5 Å². The molecule has 25 heavy (non-hydrogen) atoms. The van der Waals surface area contributed by atoms with Crippen LogP contribution in [0.25, 0.3) is 10.1 Å². The number of thiophene rings is 1. The minimum Gasteiger partial charge on any atom is -0.320 e. The Bertz CT molecular complexity index is 1090. The van der Waals surface area contributed by atoms with E-state index in [2.05, 4.69) is 10.6 Å². The average molecular weight is 391 g/mol. The molecule has 3 amide bonds. The maximum Gasteiger partial charge on any atom is 0.267 e. The van der Waals surface area contributed by atoms with Gasteiger partial charge in [0.2, 0.25) is 0 Å². The Morgan fingerprint density at radius 1 is 1.08 bits per heavy atom. The molecule has 0 atom stereocenters. The summed E-state index contributed by atoms with van der Waals surface area (Å²) in [7, 11) is 0. The van der Waals surface area contributed by atoms with Gasteiger partial charge in [-0.2, -0.15) is 0 Å². The molecule has 0 saturated carbocycles. The van der Waals surface area contributed by atoms with Gasteiger partial charge in [-0.3, -0.25) is 19.7 Å². The number of halogens is 2. The van der Waals surface area contributed by atoms with Crippen LogP contribution in [0.15, 0.2) is 36.4 Å². The number of rotatable bonds is 2. The van der Waals surface area contributed by atoms with Crippen LogP contribution in [-0.2, 0) is 0 Å². The molecule has 0 fully saturated rings. The van der Waals surface area contributed by atoms with Crippen molar-refractivity contribution < 1.29 is 14.4 Å². The number of amides is 3. The van der Waals surface area contributed by atoms with E-state index >= 15 is 0 Å². The van der Waals surface area contributed by atoms with Crippen molar-refractivity contribution in [3.8, 4) is 0 Å². The Hall–Kier alpha value is -2.41. The zero-order chi connectivity index (χ0) is 17.7. The van der Waals surface area contributed by atoms with Gasteiger partial charge in [0.15, 0.2) is 0 Å². The lowest BCUT2D eigenvalue weighted by atomic mass is 10.1. The fourth-order valence-electron chi connectivity index (χ4n) is 2.69. The topological polar surface area (TPSA) is 75.3 Å². The van der Waals surface area contributed by atoms with Gasteiger partial charge in [0.25, 0.3) is 17.7 Å².